The average molecular weight is 387 g/mol. The monoisotopic (exact) mass is 386 g/mol. The molecular formula is C21H30N4OS. The van der Waals surface area contributed by atoms with Crippen LogP contribution in [0.3, 0.4) is 0 Å². The molecule has 0 fully saturated rings. The zero-order valence-electron chi connectivity index (χ0n) is 16.8. The van der Waals surface area contributed by atoms with Gasteiger partial charge in [0.15, 0.2) is 5.82 Å². The summed E-state index contributed by atoms with van der Waals surface area (Å²) < 4.78 is 2.18. The number of aromatic nitrogens is 3. The summed E-state index contributed by atoms with van der Waals surface area (Å²) in [5.41, 5.74) is 1.70. The molecule has 1 amide bonds. The van der Waals surface area contributed by atoms with Gasteiger partial charge in [0.25, 0.3) is 5.91 Å². The van der Waals surface area contributed by atoms with Crippen molar-refractivity contribution in [2.24, 2.45) is 11.3 Å². The van der Waals surface area contributed by atoms with Crippen LogP contribution in [0.15, 0.2) is 6.07 Å². The smallest absolute Gasteiger partial charge is 0.261 e. The van der Waals surface area contributed by atoms with E-state index >= 15 is 0 Å². The zero-order chi connectivity index (χ0) is 19.2. The molecule has 1 aliphatic carbocycles. The number of thiophene rings is 1. The van der Waals surface area contributed by atoms with Gasteiger partial charge >= 0.3 is 0 Å². The molecule has 5 nitrogen and oxygen atoms in total. The van der Waals surface area contributed by atoms with Gasteiger partial charge in [0.2, 0.25) is 0 Å². The Morgan fingerprint density at radius 1 is 1.30 bits per heavy atom. The second-order valence-electron chi connectivity index (χ2n) is 9.14. The van der Waals surface area contributed by atoms with Gasteiger partial charge in [-0.25, -0.2) is 0 Å². The zero-order valence-corrected chi connectivity index (χ0v) is 17.7. The summed E-state index contributed by atoms with van der Waals surface area (Å²) in [7, 11) is 0. The molecule has 4 rings (SSSR count). The number of rotatable bonds is 3. The van der Waals surface area contributed by atoms with Gasteiger partial charge in [0, 0.05) is 17.8 Å². The van der Waals surface area contributed by atoms with Gasteiger partial charge in [-0.1, -0.05) is 20.8 Å². The number of nitrogens with zero attached hydrogens (tertiary/aromatic N) is 3. The molecule has 6 heteroatoms. The maximum Gasteiger partial charge on any atom is 0.261 e. The summed E-state index contributed by atoms with van der Waals surface area (Å²) >= 11 is 1.67. The van der Waals surface area contributed by atoms with E-state index in [0.29, 0.717) is 11.3 Å². The van der Waals surface area contributed by atoms with Crippen LogP contribution in [0.25, 0.3) is 0 Å². The summed E-state index contributed by atoms with van der Waals surface area (Å²) in [4.78, 5) is 15.1. The minimum Gasteiger partial charge on any atom is -0.342 e. The summed E-state index contributed by atoms with van der Waals surface area (Å²) in [6.07, 6.45) is 6.74. The molecule has 27 heavy (non-hydrogen) atoms. The van der Waals surface area contributed by atoms with Crippen molar-refractivity contribution >= 4 is 17.2 Å². The van der Waals surface area contributed by atoms with Crippen LogP contribution < -0.4 is 5.32 Å². The number of nitrogens with one attached hydrogen (secondary N) is 1. The van der Waals surface area contributed by atoms with Crippen LogP contribution in [0.5, 0.6) is 0 Å². The van der Waals surface area contributed by atoms with Gasteiger partial charge in [-0.3, -0.25) is 4.79 Å². The van der Waals surface area contributed by atoms with Crippen molar-refractivity contribution in [1.82, 2.24) is 20.1 Å². The Morgan fingerprint density at radius 3 is 2.89 bits per heavy atom. The minimum atomic E-state index is -0.127. The van der Waals surface area contributed by atoms with E-state index < -0.39 is 0 Å². The van der Waals surface area contributed by atoms with Crippen molar-refractivity contribution in [1.29, 1.82) is 0 Å². The van der Waals surface area contributed by atoms with Gasteiger partial charge in [-0.2, -0.15) is 0 Å². The summed E-state index contributed by atoms with van der Waals surface area (Å²) in [5.74, 6) is 2.64. The number of aryl methyl sites for hydroxylation is 2. The van der Waals surface area contributed by atoms with Crippen molar-refractivity contribution in [2.75, 3.05) is 0 Å². The number of hydrogen-bond donors (Lipinski definition) is 1. The standard InChI is InChI=1S/C21H30N4OS/c1-13(19-24-23-18-7-5-6-10-25(18)19)22-20(26)17-12-14-11-15(21(2,3)4)8-9-16(14)27-17/h12-13,15H,5-11H2,1-4H3,(H,22,26)/t13-,15-/m0/s1. The fraction of sp³-hybridized carbons (Fsp3) is 0.667. The number of fused-ring (bicyclic) bond motifs is 2. The fourth-order valence-corrected chi connectivity index (χ4v) is 5.47. The molecule has 0 unspecified atom stereocenters. The van der Waals surface area contributed by atoms with E-state index in [2.05, 4.69) is 46.9 Å². The predicted molar refractivity (Wildman–Crippen MR) is 108 cm³/mol. The molecule has 0 saturated carbocycles. The Hall–Kier alpha value is -1.69. The maximum atomic E-state index is 12.9. The third-order valence-electron chi connectivity index (χ3n) is 6.15. The highest BCUT2D eigenvalue weighted by Crippen LogP contribution is 2.40. The van der Waals surface area contributed by atoms with Gasteiger partial charge in [0.1, 0.15) is 5.82 Å². The highest BCUT2D eigenvalue weighted by atomic mass is 32.1. The van der Waals surface area contributed by atoms with Crippen LogP contribution in [0.2, 0.25) is 0 Å². The first-order valence-electron chi connectivity index (χ1n) is 10.2. The molecule has 2 aromatic heterocycles. The summed E-state index contributed by atoms with van der Waals surface area (Å²) in [5, 5.41) is 11.8. The molecular weight excluding hydrogens is 356 g/mol. The van der Waals surface area contributed by atoms with Crippen LogP contribution in [0.1, 0.15) is 84.8 Å². The summed E-state index contributed by atoms with van der Waals surface area (Å²) in [6, 6.07) is 2.00. The maximum absolute atomic E-state index is 12.9. The lowest BCUT2D eigenvalue weighted by Crippen LogP contribution is -2.29. The number of amides is 1. The molecule has 0 spiro atoms. The lowest BCUT2D eigenvalue weighted by Gasteiger charge is -2.33. The van der Waals surface area contributed by atoms with E-state index in [9.17, 15) is 4.79 Å². The van der Waals surface area contributed by atoms with Gasteiger partial charge < -0.3 is 9.88 Å². The normalized spacial score (nSPS) is 20.7. The first-order chi connectivity index (χ1) is 12.8. The van der Waals surface area contributed by atoms with Gasteiger partial charge in [0.05, 0.1) is 10.9 Å². The minimum absolute atomic E-state index is 0.0161. The highest BCUT2D eigenvalue weighted by molar-refractivity contribution is 7.14. The Kier molecular flexibility index (Phi) is 4.87. The van der Waals surface area contributed by atoms with Crippen LogP contribution >= 0.6 is 11.3 Å². The Bertz CT molecular complexity index is 845. The molecule has 0 aromatic carbocycles. The summed E-state index contributed by atoms with van der Waals surface area (Å²) in [6.45, 7) is 9.93. The van der Waals surface area contributed by atoms with E-state index in [-0.39, 0.29) is 11.9 Å². The lowest BCUT2D eigenvalue weighted by atomic mass is 9.72. The third-order valence-corrected chi connectivity index (χ3v) is 7.39. The van der Waals surface area contributed by atoms with E-state index in [0.717, 1.165) is 48.8 Å². The molecule has 2 aliphatic rings. The molecule has 3 heterocycles. The van der Waals surface area contributed by atoms with Gasteiger partial charge in [-0.05, 0) is 62.0 Å². The van der Waals surface area contributed by atoms with Crippen molar-refractivity contribution in [3.63, 3.8) is 0 Å². The van der Waals surface area contributed by atoms with Crippen molar-refractivity contribution < 1.29 is 4.79 Å². The van der Waals surface area contributed by atoms with E-state index in [4.69, 9.17) is 0 Å². The second kappa shape index (κ2) is 7.04. The lowest BCUT2D eigenvalue weighted by molar-refractivity contribution is 0.0941. The highest BCUT2D eigenvalue weighted by Gasteiger charge is 2.31. The van der Waals surface area contributed by atoms with Crippen molar-refractivity contribution in [3.8, 4) is 0 Å². The molecule has 146 valence electrons. The first-order valence-corrected chi connectivity index (χ1v) is 11.0. The van der Waals surface area contributed by atoms with E-state index in [1.54, 1.807) is 11.3 Å². The van der Waals surface area contributed by atoms with Crippen LogP contribution in [0, 0.1) is 11.3 Å². The quantitative estimate of drug-likeness (QED) is 0.855. The topological polar surface area (TPSA) is 59.8 Å². The molecule has 1 N–H and O–H groups in total. The third kappa shape index (κ3) is 3.68. The van der Waals surface area contributed by atoms with E-state index in [1.807, 2.05) is 6.92 Å². The molecule has 0 radical (unpaired) electrons. The van der Waals surface area contributed by atoms with E-state index in [1.165, 1.54) is 23.3 Å². The van der Waals surface area contributed by atoms with Crippen LogP contribution in [-0.4, -0.2) is 20.7 Å². The van der Waals surface area contributed by atoms with Crippen molar-refractivity contribution in [3.05, 3.63) is 33.0 Å². The van der Waals surface area contributed by atoms with Gasteiger partial charge in [-0.15, -0.1) is 21.5 Å². The number of carbonyl (C=O) groups excluding carboxylic acids is 1. The number of carbonyl (C=O) groups is 1. The molecule has 0 bridgehead atoms. The second-order valence-corrected chi connectivity index (χ2v) is 10.3. The molecule has 0 saturated heterocycles. The molecule has 2 aromatic rings. The van der Waals surface area contributed by atoms with Crippen LogP contribution in [-0.2, 0) is 25.8 Å². The Balaban J connectivity index is 1.47. The van der Waals surface area contributed by atoms with Crippen molar-refractivity contribution in [2.45, 2.75) is 78.8 Å². The largest absolute Gasteiger partial charge is 0.342 e. The Labute approximate surface area is 165 Å². The molecule has 1 aliphatic heterocycles. The predicted octanol–water partition coefficient (Wildman–Crippen LogP) is 4.32. The average Bonchev–Trinajstić information content (AvgIpc) is 3.24. The fourth-order valence-electron chi connectivity index (χ4n) is 4.36. The first kappa shape index (κ1) is 18.7. The SMILES string of the molecule is C[C@H](NC(=O)c1cc2c(s1)CC[C@H](C(C)(C)C)C2)c1nnc2n1CCCC2. The Morgan fingerprint density at radius 2 is 2.11 bits per heavy atom. The number of hydrogen-bond acceptors (Lipinski definition) is 4. The molecule has 2 atom stereocenters. The van der Waals surface area contributed by atoms with Crippen LogP contribution in [0.4, 0.5) is 0 Å².